The summed E-state index contributed by atoms with van der Waals surface area (Å²) in [4.78, 5) is 12.6. The minimum Gasteiger partial charge on any atom is -0.466 e. The van der Waals surface area contributed by atoms with Crippen LogP contribution < -0.4 is 0 Å². The third-order valence-electron chi connectivity index (χ3n) is 5.23. The number of hydrogen-bond acceptors (Lipinski definition) is 2. The lowest BCUT2D eigenvalue weighted by molar-refractivity contribution is -0.149. The smallest absolute Gasteiger partial charge is 0.308 e. The van der Waals surface area contributed by atoms with Crippen LogP contribution in [0.25, 0.3) is 0 Å². The Labute approximate surface area is 142 Å². The SMILES string of the molecule is CCCCCCOC(=O)C([SiH3])(CC)C(CC)CCCCCC. The molecule has 0 aliphatic heterocycles. The zero-order chi connectivity index (χ0) is 16.8. The number of rotatable bonds is 14. The van der Waals surface area contributed by atoms with E-state index in [9.17, 15) is 4.79 Å². The standard InChI is InChI=1S/C19H40O2Si/c1-5-9-11-13-15-17(7-3)19(22,8-4)18(20)21-16-14-12-10-6-2/h17H,5-16H2,1-4,22H3. The molecule has 0 aromatic carbocycles. The minimum atomic E-state index is -0.161. The van der Waals surface area contributed by atoms with Crippen LogP contribution in [0.2, 0.25) is 5.04 Å². The fraction of sp³-hybridized carbons (Fsp3) is 0.947. The predicted octanol–water partition coefficient (Wildman–Crippen LogP) is 5.04. The lowest BCUT2D eigenvalue weighted by Gasteiger charge is -2.34. The molecule has 2 atom stereocenters. The van der Waals surface area contributed by atoms with Crippen molar-refractivity contribution in [3.63, 3.8) is 0 Å². The van der Waals surface area contributed by atoms with Crippen LogP contribution in [0, 0.1) is 5.92 Å². The Morgan fingerprint density at radius 3 is 2.05 bits per heavy atom. The number of hydrogen-bond donors (Lipinski definition) is 0. The summed E-state index contributed by atoms with van der Waals surface area (Å²) in [5, 5.41) is -0.161. The van der Waals surface area contributed by atoms with Gasteiger partial charge in [0.15, 0.2) is 0 Å². The largest absolute Gasteiger partial charge is 0.466 e. The second-order valence-corrected chi connectivity index (χ2v) is 8.71. The van der Waals surface area contributed by atoms with Gasteiger partial charge in [0.1, 0.15) is 0 Å². The highest BCUT2D eigenvalue weighted by atomic mass is 28.1. The Hall–Kier alpha value is -0.313. The molecule has 0 amide bonds. The zero-order valence-corrected chi connectivity index (χ0v) is 17.9. The third kappa shape index (κ3) is 7.80. The van der Waals surface area contributed by atoms with E-state index in [1.807, 2.05) is 0 Å². The van der Waals surface area contributed by atoms with Crippen molar-refractivity contribution < 1.29 is 9.53 Å². The molecule has 0 aromatic rings. The molecular formula is C19H40O2Si. The van der Waals surface area contributed by atoms with Crippen molar-refractivity contribution in [2.75, 3.05) is 6.61 Å². The van der Waals surface area contributed by atoms with Crippen LogP contribution in [-0.2, 0) is 9.53 Å². The van der Waals surface area contributed by atoms with Crippen molar-refractivity contribution in [1.29, 1.82) is 0 Å². The van der Waals surface area contributed by atoms with Gasteiger partial charge in [-0.3, -0.25) is 4.79 Å². The topological polar surface area (TPSA) is 26.3 Å². The summed E-state index contributed by atoms with van der Waals surface area (Å²) in [6.07, 6.45) is 13.1. The molecule has 2 nitrogen and oxygen atoms in total. The molecular weight excluding hydrogens is 288 g/mol. The summed E-state index contributed by atoms with van der Waals surface area (Å²) in [5.74, 6) is 0.615. The summed E-state index contributed by atoms with van der Waals surface area (Å²) >= 11 is 0. The second-order valence-electron chi connectivity index (χ2n) is 6.92. The first-order chi connectivity index (χ1) is 10.6. The van der Waals surface area contributed by atoms with E-state index in [4.69, 9.17) is 4.74 Å². The van der Waals surface area contributed by atoms with Crippen LogP contribution in [0.5, 0.6) is 0 Å². The molecule has 2 unspecified atom stereocenters. The Morgan fingerprint density at radius 1 is 0.955 bits per heavy atom. The Kier molecular flexibility index (Phi) is 13.0. The lowest BCUT2D eigenvalue weighted by Crippen LogP contribution is -2.33. The predicted molar refractivity (Wildman–Crippen MR) is 101 cm³/mol. The van der Waals surface area contributed by atoms with Crippen LogP contribution in [-0.4, -0.2) is 22.8 Å². The van der Waals surface area contributed by atoms with Crippen LogP contribution >= 0.6 is 0 Å². The molecule has 0 bridgehead atoms. The van der Waals surface area contributed by atoms with Gasteiger partial charge in [0.05, 0.1) is 11.6 Å². The molecule has 0 aliphatic rings. The maximum Gasteiger partial charge on any atom is 0.308 e. The van der Waals surface area contributed by atoms with E-state index < -0.39 is 0 Å². The van der Waals surface area contributed by atoms with Crippen LogP contribution in [0.4, 0.5) is 0 Å². The molecule has 0 N–H and O–H groups in total. The first kappa shape index (κ1) is 21.7. The fourth-order valence-electron chi connectivity index (χ4n) is 3.25. The third-order valence-corrected chi connectivity index (χ3v) is 7.16. The van der Waals surface area contributed by atoms with Crippen LogP contribution in [0.1, 0.15) is 98.3 Å². The number of esters is 1. The van der Waals surface area contributed by atoms with Crippen molar-refractivity contribution >= 4 is 16.2 Å². The molecule has 22 heavy (non-hydrogen) atoms. The minimum absolute atomic E-state index is 0.0977. The van der Waals surface area contributed by atoms with Crippen LogP contribution in [0.15, 0.2) is 0 Å². The van der Waals surface area contributed by atoms with Gasteiger partial charge in [0, 0.05) is 10.2 Å². The van der Waals surface area contributed by atoms with Crippen LogP contribution in [0.3, 0.4) is 0 Å². The van der Waals surface area contributed by atoms with Gasteiger partial charge in [-0.05, 0) is 25.2 Å². The highest BCUT2D eigenvalue weighted by Crippen LogP contribution is 2.42. The first-order valence-corrected chi connectivity index (χ1v) is 10.7. The number of ether oxygens (including phenoxy) is 1. The van der Waals surface area contributed by atoms with Gasteiger partial charge >= 0.3 is 5.97 Å². The molecule has 0 aromatic heterocycles. The average Bonchev–Trinajstić information content (AvgIpc) is 2.53. The summed E-state index contributed by atoms with van der Waals surface area (Å²) in [7, 11) is 0.910. The van der Waals surface area contributed by atoms with E-state index in [0.29, 0.717) is 12.5 Å². The quantitative estimate of drug-likeness (QED) is 0.254. The monoisotopic (exact) mass is 328 g/mol. The lowest BCUT2D eigenvalue weighted by atomic mass is 9.82. The Bertz CT molecular complexity index is 281. The summed E-state index contributed by atoms with van der Waals surface area (Å²) in [6.45, 7) is 9.48. The van der Waals surface area contributed by atoms with Gasteiger partial charge in [-0.25, -0.2) is 0 Å². The molecule has 0 fully saturated rings. The highest BCUT2D eigenvalue weighted by Gasteiger charge is 2.39. The van der Waals surface area contributed by atoms with E-state index in [-0.39, 0.29) is 11.0 Å². The van der Waals surface area contributed by atoms with Crippen molar-refractivity contribution in [3.05, 3.63) is 0 Å². The molecule has 0 radical (unpaired) electrons. The van der Waals surface area contributed by atoms with Gasteiger partial charge < -0.3 is 4.74 Å². The molecule has 0 rings (SSSR count). The molecule has 132 valence electrons. The fourth-order valence-corrected chi connectivity index (χ4v) is 4.09. The van der Waals surface area contributed by atoms with E-state index >= 15 is 0 Å². The van der Waals surface area contributed by atoms with Crippen molar-refractivity contribution in [1.82, 2.24) is 0 Å². The normalized spacial score (nSPS) is 15.5. The summed E-state index contributed by atoms with van der Waals surface area (Å²) < 4.78 is 5.65. The maximum atomic E-state index is 12.6. The molecule has 0 saturated heterocycles. The summed E-state index contributed by atoms with van der Waals surface area (Å²) in [5.41, 5.74) is 0. The highest BCUT2D eigenvalue weighted by molar-refractivity contribution is 6.27. The molecule has 0 heterocycles. The van der Waals surface area contributed by atoms with Crippen molar-refractivity contribution in [2.24, 2.45) is 5.92 Å². The molecule has 0 saturated carbocycles. The van der Waals surface area contributed by atoms with E-state index in [1.165, 1.54) is 51.4 Å². The van der Waals surface area contributed by atoms with E-state index in [2.05, 4.69) is 27.7 Å². The van der Waals surface area contributed by atoms with Gasteiger partial charge in [-0.1, -0.05) is 79.1 Å². The number of carbonyl (C=O) groups is 1. The van der Waals surface area contributed by atoms with Gasteiger partial charge in [-0.2, -0.15) is 0 Å². The van der Waals surface area contributed by atoms with Gasteiger partial charge in [0.2, 0.25) is 0 Å². The molecule has 0 spiro atoms. The zero-order valence-electron chi connectivity index (χ0n) is 15.9. The number of carbonyl (C=O) groups excluding carboxylic acids is 1. The first-order valence-electron chi connectivity index (χ1n) is 9.73. The van der Waals surface area contributed by atoms with E-state index in [0.717, 1.165) is 29.5 Å². The van der Waals surface area contributed by atoms with Gasteiger partial charge in [0.25, 0.3) is 0 Å². The average molecular weight is 329 g/mol. The molecule has 0 aliphatic carbocycles. The van der Waals surface area contributed by atoms with Crippen molar-refractivity contribution in [3.8, 4) is 0 Å². The van der Waals surface area contributed by atoms with Crippen molar-refractivity contribution in [2.45, 2.75) is 103 Å². The number of unbranched alkanes of at least 4 members (excludes halogenated alkanes) is 6. The Morgan fingerprint density at radius 2 is 1.55 bits per heavy atom. The molecule has 3 heteroatoms. The summed E-state index contributed by atoms with van der Waals surface area (Å²) in [6, 6.07) is 0. The van der Waals surface area contributed by atoms with E-state index in [1.54, 1.807) is 0 Å². The second kappa shape index (κ2) is 13.2. The maximum absolute atomic E-state index is 12.6. The van der Waals surface area contributed by atoms with Gasteiger partial charge in [-0.15, -0.1) is 0 Å². The Balaban J connectivity index is 4.38.